The van der Waals surface area contributed by atoms with Crippen LogP contribution in [-0.2, 0) is 97.6 Å². The molecule has 25 heteroatoms. The van der Waals surface area contributed by atoms with Crippen molar-refractivity contribution in [2.24, 2.45) is 0 Å². The summed E-state index contributed by atoms with van der Waals surface area (Å²) < 4.78 is 49.8. The molecular formula is C22H25N8O13P2Y2-3. The summed E-state index contributed by atoms with van der Waals surface area (Å²) in [6.07, 6.45) is -0.950. The molecule has 3 saturated heterocycles. The Bertz CT molecular complexity index is 1810. The van der Waals surface area contributed by atoms with Crippen molar-refractivity contribution in [2.45, 2.75) is 62.9 Å². The second kappa shape index (κ2) is 15.3. The Kier molecular flexibility index (Phi) is 12.7. The average molecular weight is 849 g/mol. The molecule has 47 heavy (non-hydrogen) atoms. The minimum Gasteiger partial charge on any atom is -0.756 e. The van der Waals surface area contributed by atoms with Gasteiger partial charge in [0.15, 0.2) is 12.5 Å². The molecule has 0 spiro atoms. The zero-order valence-electron chi connectivity index (χ0n) is 24.3. The Labute approximate surface area is 315 Å². The van der Waals surface area contributed by atoms with Crippen molar-refractivity contribution in [3.63, 3.8) is 0 Å². The molecule has 0 saturated carbocycles. The number of aliphatic hydroxyl groups is 3. The minimum absolute atomic E-state index is 0. The molecule has 0 bridgehead atoms. The number of aromatic nitrogens is 8. The second-order valence-corrected chi connectivity index (χ2v) is 12.8. The Hall–Kier alpha value is -0.672. The predicted octanol–water partition coefficient (Wildman–Crippen LogP) is -2.26. The zero-order chi connectivity index (χ0) is 32.3. The van der Waals surface area contributed by atoms with E-state index >= 15 is 0 Å². The molecule has 21 nitrogen and oxygen atoms in total. The van der Waals surface area contributed by atoms with Crippen molar-refractivity contribution in [1.82, 2.24) is 39.0 Å². The van der Waals surface area contributed by atoms with Gasteiger partial charge in [-0.1, -0.05) is 13.8 Å². The number of phosphoric acid groups is 2. The Morgan fingerprint density at radius 2 is 1.47 bits per heavy atom. The zero-order valence-corrected chi connectivity index (χ0v) is 31.8. The van der Waals surface area contributed by atoms with Gasteiger partial charge in [-0.3, -0.25) is 19.1 Å². The van der Waals surface area contributed by atoms with E-state index in [4.69, 9.17) is 23.8 Å². The summed E-state index contributed by atoms with van der Waals surface area (Å²) in [4.78, 5) is 52.8. The molecule has 7 rings (SSSR count). The van der Waals surface area contributed by atoms with Crippen LogP contribution in [0, 0.1) is 26.5 Å². The number of nitrogens with zero attached hydrogens (tertiary/aromatic N) is 8. The number of ether oxygens (including phenoxy) is 2. The maximum Gasteiger partial charge on any atom is 0.469 e. The number of aryl methyl sites for hydroxylation is 2. The van der Waals surface area contributed by atoms with Gasteiger partial charge in [0.25, 0.3) is 7.82 Å². The van der Waals surface area contributed by atoms with Crippen molar-refractivity contribution >= 4 is 38.0 Å². The van der Waals surface area contributed by atoms with Crippen molar-refractivity contribution in [1.29, 1.82) is 0 Å². The fourth-order valence-electron chi connectivity index (χ4n) is 5.04. The van der Waals surface area contributed by atoms with Crippen LogP contribution in [0.5, 0.6) is 0 Å². The predicted molar refractivity (Wildman–Crippen MR) is 140 cm³/mol. The quantitative estimate of drug-likeness (QED) is 0.105. The first kappa shape index (κ1) is 39.1. The van der Waals surface area contributed by atoms with Crippen molar-refractivity contribution in [3.05, 3.63) is 36.7 Å². The summed E-state index contributed by atoms with van der Waals surface area (Å²) in [5.41, 5.74) is 3.05. The maximum atomic E-state index is 11.4. The largest absolute Gasteiger partial charge is 0.756 e. The van der Waals surface area contributed by atoms with E-state index in [0.29, 0.717) is 33.7 Å². The first-order chi connectivity index (χ1) is 21.2. The first-order valence-corrected chi connectivity index (χ1v) is 16.1. The molecule has 2 radical (unpaired) electrons. The molecule has 4 aromatic rings. The molecule has 4 aromatic heterocycles. The molecular weight excluding hydrogens is 824 g/mol. The minimum atomic E-state index is -4.71. The summed E-state index contributed by atoms with van der Waals surface area (Å²) in [5.74, 6) is 0. The molecule has 0 amide bonds. The van der Waals surface area contributed by atoms with Crippen LogP contribution in [0.4, 0.5) is 0 Å². The second-order valence-electron chi connectivity index (χ2n) is 10.2. The first-order valence-electron chi connectivity index (χ1n) is 13.1. The molecule has 3 fully saturated rings. The van der Waals surface area contributed by atoms with Crippen molar-refractivity contribution in [2.75, 3.05) is 13.2 Å². The molecule has 1 unspecified atom stereocenters. The van der Waals surface area contributed by atoms with Crippen LogP contribution in [0.1, 0.15) is 23.8 Å². The van der Waals surface area contributed by atoms with Crippen LogP contribution >= 0.6 is 15.6 Å². The van der Waals surface area contributed by atoms with Gasteiger partial charge in [0.05, 0.1) is 37.2 Å². The van der Waals surface area contributed by atoms with Gasteiger partial charge in [-0.25, -0.2) is 4.57 Å². The third-order valence-electron chi connectivity index (χ3n) is 7.22. The average Bonchev–Trinajstić information content (AvgIpc) is 3.74. The van der Waals surface area contributed by atoms with Gasteiger partial charge in [0.1, 0.15) is 36.6 Å². The van der Waals surface area contributed by atoms with Crippen LogP contribution in [0.25, 0.3) is 22.3 Å². The standard InChI is InChI=1S/C11H14N4O7P.C11H12N4O6P.2Y/c1-5-7-10(13-3-12-5)15(4-14-7)11-9(17)8(16)6(22-11)2-21-23(18,19)20;1-5-7-10(13-3-12-5)15(4-14-7)11-8(16)9-6(20-11)2-19-22(17,18)21-9;;/h4,6,8-9,11,16-17H,2H2,1H3,(H2,18,19,20);4,6,8-9,11,16H,2H2,1H3,(H,17,18);;/q2*-1;;/p-1/t2*6-,8-,9-,11-;;/m11../s1. The van der Waals surface area contributed by atoms with Crippen LogP contribution in [0.2, 0.25) is 0 Å². The van der Waals surface area contributed by atoms with Gasteiger partial charge in [0.2, 0.25) is 0 Å². The van der Waals surface area contributed by atoms with Crippen LogP contribution in [-0.4, -0.2) is 114 Å². The number of fused-ring (bicyclic) bond motifs is 3. The van der Waals surface area contributed by atoms with Crippen molar-refractivity contribution in [3.8, 4) is 0 Å². The number of hydrogen-bond acceptors (Lipinski definition) is 17. The topological polar surface area (TPSA) is 292 Å². The molecule has 5 N–H and O–H groups in total. The molecule has 7 heterocycles. The summed E-state index contributed by atoms with van der Waals surface area (Å²) in [6, 6.07) is 0. The van der Waals surface area contributed by atoms with E-state index in [1.807, 2.05) is 0 Å². The van der Waals surface area contributed by atoms with E-state index in [1.165, 1.54) is 21.8 Å². The third-order valence-corrected chi connectivity index (χ3v) is 8.67. The van der Waals surface area contributed by atoms with Crippen LogP contribution < -0.4 is 4.89 Å². The number of hydrogen-bond donors (Lipinski definition) is 5. The van der Waals surface area contributed by atoms with E-state index in [0.717, 1.165) is 0 Å². The monoisotopic (exact) mass is 849 g/mol. The van der Waals surface area contributed by atoms with Crippen molar-refractivity contribution < 1.29 is 128 Å². The number of aliphatic hydroxyl groups excluding tert-OH is 3. The summed E-state index contributed by atoms with van der Waals surface area (Å²) in [5, 5.41) is 30.4. The summed E-state index contributed by atoms with van der Waals surface area (Å²) in [7, 11) is -9.11. The molecule has 0 aromatic carbocycles. The van der Waals surface area contributed by atoms with Crippen LogP contribution in [0.15, 0.2) is 12.7 Å². The molecule has 3 aliphatic heterocycles. The fourth-order valence-corrected chi connectivity index (χ4v) is 6.33. The number of rotatable bonds is 5. The SMILES string of the molecule is Cc1n[c-]nc2c1ncn2[C@@H]1O[C@@H]2COP(=O)([O-])O[C@H]2[C@H]1O.Cc1n[c-]nc2c1ncn2[C@@H]1O[C@H](COP(=O)(O)O)[C@@H](O)[C@H]1O.[Y].[Y]. The molecule has 250 valence electrons. The number of imidazole rings is 2. The van der Waals surface area contributed by atoms with Crippen LogP contribution in [0.3, 0.4) is 0 Å². The van der Waals surface area contributed by atoms with Gasteiger partial charge in [-0.15, -0.1) is 0 Å². The number of phosphoric ester groups is 2. The Balaban J connectivity index is 0.000000204. The van der Waals surface area contributed by atoms with E-state index in [1.54, 1.807) is 13.8 Å². The normalized spacial score (nSPS) is 31.9. The Morgan fingerprint density at radius 1 is 0.936 bits per heavy atom. The summed E-state index contributed by atoms with van der Waals surface area (Å²) in [6.45, 7) is 2.70. The van der Waals surface area contributed by atoms with E-state index < -0.39 is 71.3 Å². The third kappa shape index (κ3) is 8.13. The Morgan fingerprint density at radius 3 is 2.00 bits per heavy atom. The van der Waals surface area contributed by atoms with Gasteiger partial charge in [0, 0.05) is 89.1 Å². The van der Waals surface area contributed by atoms with E-state index in [2.05, 4.69) is 51.6 Å². The summed E-state index contributed by atoms with van der Waals surface area (Å²) >= 11 is 0. The van der Waals surface area contributed by atoms with Gasteiger partial charge in [-0.05, 0) is 11.4 Å². The smallest absolute Gasteiger partial charge is 0.469 e. The van der Waals surface area contributed by atoms with E-state index in [-0.39, 0.29) is 72.0 Å². The van der Waals surface area contributed by atoms with Gasteiger partial charge >= 0.3 is 7.82 Å². The molecule has 0 aliphatic carbocycles. The fraction of sp³-hybridized carbons (Fsp3) is 0.545. The molecule has 9 atom stereocenters. The van der Waals surface area contributed by atoms with E-state index in [9.17, 15) is 29.3 Å². The maximum absolute atomic E-state index is 11.4. The van der Waals surface area contributed by atoms with Gasteiger partial charge in [-0.2, -0.15) is 0 Å². The van der Waals surface area contributed by atoms with Gasteiger partial charge < -0.3 is 77.6 Å². The molecule has 3 aliphatic rings.